The minimum Gasteiger partial charge on any atom is -0.250 e. The van der Waals surface area contributed by atoms with Crippen LogP contribution in [0.2, 0.25) is 0 Å². The average molecular weight is 208 g/mol. The van der Waals surface area contributed by atoms with E-state index in [1.807, 2.05) is 32.1 Å². The summed E-state index contributed by atoms with van der Waals surface area (Å²) in [4.78, 5) is 1.91. The Hall–Kier alpha value is -0.890. The highest BCUT2D eigenvalue weighted by Gasteiger charge is 2.06. The molecule has 0 N–H and O–H groups in total. The van der Waals surface area contributed by atoms with Crippen molar-refractivity contribution in [1.29, 1.82) is 0 Å². The van der Waals surface area contributed by atoms with Crippen molar-refractivity contribution in [3.8, 4) is 0 Å². The second-order valence-electron chi connectivity index (χ2n) is 3.14. The molecule has 1 aliphatic carbocycles. The van der Waals surface area contributed by atoms with Gasteiger partial charge in [0, 0.05) is 9.81 Å². The van der Waals surface area contributed by atoms with Crippen LogP contribution in [0.15, 0.2) is 46.3 Å². The van der Waals surface area contributed by atoms with E-state index in [1.54, 1.807) is 0 Å². The zero-order valence-corrected chi connectivity index (χ0v) is 9.51. The quantitative estimate of drug-likeness (QED) is 0.635. The minimum absolute atomic E-state index is 0.794. The van der Waals surface area contributed by atoms with Crippen molar-refractivity contribution in [1.82, 2.24) is 0 Å². The van der Waals surface area contributed by atoms with Crippen molar-refractivity contribution < 1.29 is 4.21 Å². The molecule has 2 heteroatoms. The van der Waals surface area contributed by atoms with Crippen molar-refractivity contribution in [2.24, 2.45) is 0 Å². The van der Waals surface area contributed by atoms with Crippen molar-refractivity contribution in [2.75, 3.05) is 0 Å². The summed E-state index contributed by atoms with van der Waals surface area (Å²) in [5, 5.41) is 0. The van der Waals surface area contributed by atoms with E-state index in [2.05, 4.69) is 18.2 Å². The first-order valence-electron chi connectivity index (χ1n) is 4.81. The molecule has 76 valence electrons. The third-order valence-corrected chi connectivity index (χ3v) is 3.71. The fourth-order valence-corrected chi connectivity index (χ4v) is 2.22. The maximum Gasteiger partial charge on any atom is 0.0764 e. The van der Waals surface area contributed by atoms with Crippen LogP contribution in [0.4, 0.5) is 0 Å². The Morgan fingerprint density at radius 1 is 1.43 bits per heavy atom. The number of hydrogen-bond donors (Lipinski definition) is 0. The average Bonchev–Trinajstić information content (AvgIpc) is 2.15. The molecule has 0 heterocycles. The number of allylic oxidation sites excluding steroid dienone is 8. The van der Waals surface area contributed by atoms with E-state index in [0.29, 0.717) is 0 Å². The zero-order chi connectivity index (χ0) is 10.4. The lowest BCUT2D eigenvalue weighted by atomic mass is 10.2. The Morgan fingerprint density at radius 2 is 2.21 bits per heavy atom. The van der Waals surface area contributed by atoms with Crippen LogP contribution in [-0.4, -0.2) is 4.21 Å². The molecule has 0 fully saturated rings. The summed E-state index contributed by atoms with van der Waals surface area (Å²) in [7, 11) is -0.950. The first kappa shape index (κ1) is 11.2. The van der Waals surface area contributed by atoms with Crippen molar-refractivity contribution in [3.05, 3.63) is 46.3 Å². The van der Waals surface area contributed by atoms with E-state index < -0.39 is 10.8 Å². The Kier molecular flexibility index (Phi) is 4.60. The molecule has 1 aliphatic rings. The topological polar surface area (TPSA) is 17.1 Å². The molecule has 1 nitrogen and oxygen atoms in total. The standard InChI is InChI=1S/C12H16OS/c1-3-11(2)14(13)12-9-7-5-4-6-8-10-12/h3,5-9H,4,10H2,1-2H3/b7-5?,8-6-,11-3+,12-9+. The SMILES string of the molecule is C/C=C(\C)S(=O)/C1=C/C=CC/C=C\C1. The largest absolute Gasteiger partial charge is 0.250 e. The summed E-state index contributed by atoms with van der Waals surface area (Å²) in [5.41, 5.74) is 0. The van der Waals surface area contributed by atoms with E-state index in [4.69, 9.17) is 0 Å². The monoisotopic (exact) mass is 208 g/mol. The highest BCUT2D eigenvalue weighted by Crippen LogP contribution is 2.17. The molecule has 0 radical (unpaired) electrons. The maximum absolute atomic E-state index is 11.9. The van der Waals surface area contributed by atoms with Crippen LogP contribution in [0.25, 0.3) is 0 Å². The Bertz CT molecular complexity index is 332. The molecular weight excluding hydrogens is 192 g/mol. The van der Waals surface area contributed by atoms with E-state index >= 15 is 0 Å². The summed E-state index contributed by atoms with van der Waals surface area (Å²) in [5.74, 6) is 0. The number of hydrogen-bond acceptors (Lipinski definition) is 1. The van der Waals surface area contributed by atoms with E-state index in [-0.39, 0.29) is 0 Å². The van der Waals surface area contributed by atoms with Gasteiger partial charge in [-0.3, -0.25) is 0 Å². The van der Waals surface area contributed by atoms with Gasteiger partial charge in [-0.05, 0) is 32.8 Å². The van der Waals surface area contributed by atoms with Gasteiger partial charge in [0.05, 0.1) is 10.8 Å². The van der Waals surface area contributed by atoms with Crippen molar-refractivity contribution in [3.63, 3.8) is 0 Å². The second-order valence-corrected chi connectivity index (χ2v) is 4.85. The third-order valence-electron chi connectivity index (χ3n) is 2.11. The van der Waals surface area contributed by atoms with E-state index in [0.717, 1.165) is 22.7 Å². The van der Waals surface area contributed by atoms with Gasteiger partial charge >= 0.3 is 0 Å². The van der Waals surface area contributed by atoms with Gasteiger partial charge in [-0.2, -0.15) is 0 Å². The lowest BCUT2D eigenvalue weighted by Gasteiger charge is -2.05. The van der Waals surface area contributed by atoms with E-state index in [1.165, 1.54) is 0 Å². The first-order chi connectivity index (χ1) is 6.75. The first-order valence-corrected chi connectivity index (χ1v) is 5.96. The molecule has 0 bridgehead atoms. The smallest absolute Gasteiger partial charge is 0.0764 e. The summed E-state index contributed by atoms with van der Waals surface area (Å²) in [6, 6.07) is 0. The fraction of sp³-hybridized carbons (Fsp3) is 0.333. The third kappa shape index (κ3) is 3.11. The summed E-state index contributed by atoms with van der Waals surface area (Å²) < 4.78 is 11.9. The Labute approximate surface area is 88.4 Å². The van der Waals surface area contributed by atoms with Gasteiger partial charge in [-0.15, -0.1) is 0 Å². The van der Waals surface area contributed by atoms with Crippen molar-refractivity contribution >= 4 is 10.8 Å². The van der Waals surface area contributed by atoms with Crippen molar-refractivity contribution in [2.45, 2.75) is 26.7 Å². The van der Waals surface area contributed by atoms with Crippen LogP contribution in [0.1, 0.15) is 26.7 Å². The van der Waals surface area contributed by atoms with Gasteiger partial charge in [0.25, 0.3) is 0 Å². The predicted octanol–water partition coefficient (Wildman–Crippen LogP) is 3.45. The van der Waals surface area contributed by atoms with Crippen LogP contribution in [0.5, 0.6) is 0 Å². The van der Waals surface area contributed by atoms with Crippen LogP contribution < -0.4 is 0 Å². The molecule has 0 saturated carbocycles. The summed E-state index contributed by atoms with van der Waals surface area (Å²) >= 11 is 0. The highest BCUT2D eigenvalue weighted by atomic mass is 32.2. The molecule has 0 aliphatic heterocycles. The van der Waals surface area contributed by atoms with Gasteiger partial charge in [-0.1, -0.05) is 30.4 Å². The van der Waals surface area contributed by atoms with Gasteiger partial charge in [0.1, 0.15) is 0 Å². The van der Waals surface area contributed by atoms with E-state index in [9.17, 15) is 4.21 Å². The summed E-state index contributed by atoms with van der Waals surface area (Å²) in [6.07, 6.45) is 13.9. The lowest BCUT2D eigenvalue weighted by molar-refractivity contribution is 0.689. The van der Waals surface area contributed by atoms with Crippen LogP contribution in [0.3, 0.4) is 0 Å². The molecule has 1 rings (SSSR count). The Balaban J connectivity index is 2.85. The highest BCUT2D eigenvalue weighted by molar-refractivity contribution is 7.92. The minimum atomic E-state index is -0.950. The zero-order valence-electron chi connectivity index (χ0n) is 8.69. The van der Waals surface area contributed by atoms with Gasteiger partial charge in [-0.25, -0.2) is 4.21 Å². The normalized spacial score (nSPS) is 25.9. The lowest BCUT2D eigenvalue weighted by Crippen LogP contribution is -1.96. The molecular formula is C12H16OS. The molecule has 0 aromatic carbocycles. The second kappa shape index (κ2) is 5.76. The van der Waals surface area contributed by atoms with Crippen LogP contribution in [0, 0.1) is 0 Å². The molecule has 0 saturated heterocycles. The molecule has 14 heavy (non-hydrogen) atoms. The molecule has 0 aromatic rings. The van der Waals surface area contributed by atoms with Gasteiger partial charge in [0.2, 0.25) is 0 Å². The molecule has 1 unspecified atom stereocenters. The fourth-order valence-electron chi connectivity index (χ4n) is 1.15. The predicted molar refractivity (Wildman–Crippen MR) is 63.2 cm³/mol. The Morgan fingerprint density at radius 3 is 2.93 bits per heavy atom. The molecule has 0 spiro atoms. The molecule has 0 aromatic heterocycles. The molecule has 0 amide bonds. The maximum atomic E-state index is 11.9. The van der Waals surface area contributed by atoms with Gasteiger partial charge in [0.15, 0.2) is 0 Å². The molecule has 1 atom stereocenters. The van der Waals surface area contributed by atoms with Crippen LogP contribution >= 0.6 is 0 Å². The van der Waals surface area contributed by atoms with Crippen LogP contribution in [-0.2, 0) is 10.8 Å². The summed E-state index contributed by atoms with van der Waals surface area (Å²) in [6.45, 7) is 3.82. The number of rotatable bonds is 2. The van der Waals surface area contributed by atoms with Gasteiger partial charge < -0.3 is 0 Å².